The normalized spacial score (nSPS) is 24.8. The third-order valence-electron chi connectivity index (χ3n) is 4.01. The summed E-state index contributed by atoms with van der Waals surface area (Å²) in [5, 5.41) is 23.9. The fourth-order valence-corrected chi connectivity index (χ4v) is 2.88. The number of aliphatic hydroxyl groups excluding tert-OH is 1. The summed E-state index contributed by atoms with van der Waals surface area (Å²) in [6.45, 7) is 4.58. The molecule has 5 nitrogen and oxygen atoms in total. The molecule has 0 spiro atoms. The van der Waals surface area contributed by atoms with Gasteiger partial charge in [-0.1, -0.05) is 26.0 Å². The highest BCUT2D eigenvalue weighted by molar-refractivity contribution is 9.10. The zero-order chi connectivity index (χ0) is 14.2. The van der Waals surface area contributed by atoms with Gasteiger partial charge in [-0.25, -0.2) is 0 Å². The lowest BCUT2D eigenvalue weighted by molar-refractivity contribution is -0.385. The summed E-state index contributed by atoms with van der Waals surface area (Å²) < 4.78 is 0.519. The van der Waals surface area contributed by atoms with Gasteiger partial charge in [0.2, 0.25) is 0 Å². The predicted molar refractivity (Wildman–Crippen MR) is 75.8 cm³/mol. The van der Waals surface area contributed by atoms with Crippen LogP contribution < -0.4 is 5.32 Å². The lowest BCUT2D eigenvalue weighted by atomic mass is 9.64. The van der Waals surface area contributed by atoms with E-state index in [9.17, 15) is 15.2 Å². The number of halogens is 1. The number of nitro groups is 1. The average Bonchev–Trinajstić information content (AvgIpc) is 2.35. The van der Waals surface area contributed by atoms with Crippen molar-refractivity contribution in [2.24, 2.45) is 5.41 Å². The molecular formula is C13H17BrN2O3. The zero-order valence-corrected chi connectivity index (χ0v) is 12.5. The first-order chi connectivity index (χ1) is 8.84. The van der Waals surface area contributed by atoms with Crippen LogP contribution in [0.25, 0.3) is 0 Å². The van der Waals surface area contributed by atoms with Gasteiger partial charge in [-0.15, -0.1) is 0 Å². The lowest BCUT2D eigenvalue weighted by Gasteiger charge is -2.49. The Morgan fingerprint density at radius 1 is 1.58 bits per heavy atom. The number of hydrogen-bond donors (Lipinski definition) is 2. The molecule has 2 N–H and O–H groups in total. The summed E-state index contributed by atoms with van der Waals surface area (Å²) in [5.74, 6) is 0. The Hall–Kier alpha value is -0.980. The van der Waals surface area contributed by atoms with E-state index in [1.807, 2.05) is 19.9 Å². The molecule has 2 atom stereocenters. The van der Waals surface area contributed by atoms with E-state index in [1.54, 1.807) is 6.07 Å². The number of nitro benzene ring substituents is 1. The van der Waals surface area contributed by atoms with Crippen molar-refractivity contribution >= 4 is 21.6 Å². The Bertz CT molecular complexity index is 505. The van der Waals surface area contributed by atoms with Crippen LogP contribution >= 0.6 is 15.9 Å². The Morgan fingerprint density at radius 3 is 2.79 bits per heavy atom. The molecule has 2 rings (SSSR count). The Kier molecular flexibility index (Phi) is 3.94. The molecule has 104 valence electrons. The molecule has 0 amide bonds. The van der Waals surface area contributed by atoms with Crippen LogP contribution in [-0.2, 0) is 6.54 Å². The molecule has 6 heteroatoms. The minimum atomic E-state index is -0.398. The molecule has 0 bridgehead atoms. The van der Waals surface area contributed by atoms with Crippen LogP contribution in [0.2, 0.25) is 0 Å². The van der Waals surface area contributed by atoms with Gasteiger partial charge in [-0.05, 0) is 27.9 Å². The first-order valence-electron chi connectivity index (χ1n) is 6.17. The van der Waals surface area contributed by atoms with Crippen LogP contribution in [0.5, 0.6) is 0 Å². The fourth-order valence-electron chi connectivity index (χ4n) is 2.33. The van der Waals surface area contributed by atoms with Gasteiger partial charge in [0.05, 0.1) is 15.5 Å². The highest BCUT2D eigenvalue weighted by Crippen LogP contribution is 2.40. The van der Waals surface area contributed by atoms with E-state index in [-0.39, 0.29) is 23.2 Å². The van der Waals surface area contributed by atoms with Gasteiger partial charge in [-0.2, -0.15) is 0 Å². The zero-order valence-electron chi connectivity index (χ0n) is 10.9. The highest BCUT2D eigenvalue weighted by atomic mass is 79.9. The molecule has 2 unspecified atom stereocenters. The molecule has 19 heavy (non-hydrogen) atoms. The van der Waals surface area contributed by atoms with Crippen molar-refractivity contribution in [2.45, 2.75) is 39.0 Å². The van der Waals surface area contributed by atoms with Gasteiger partial charge >= 0.3 is 0 Å². The first kappa shape index (κ1) is 14.4. The SMILES string of the molecule is CC1(C)C(O)CC1NCc1cccc([N+](=O)[O-])c1Br. The molecule has 1 aromatic carbocycles. The second kappa shape index (κ2) is 5.19. The standard InChI is InChI=1S/C13H17BrN2O3/c1-13(2)10(6-11(13)17)15-7-8-4-3-5-9(12(8)14)16(18)19/h3-5,10-11,15,17H,6-7H2,1-2H3. The maximum Gasteiger partial charge on any atom is 0.283 e. The number of aliphatic hydroxyl groups is 1. The molecule has 0 aliphatic heterocycles. The van der Waals surface area contributed by atoms with Gasteiger partial charge in [0.25, 0.3) is 5.69 Å². The minimum absolute atomic E-state index is 0.0761. The number of rotatable bonds is 4. The minimum Gasteiger partial charge on any atom is -0.392 e. The van der Waals surface area contributed by atoms with Gasteiger partial charge in [-0.3, -0.25) is 10.1 Å². The maximum atomic E-state index is 10.8. The molecule has 0 radical (unpaired) electrons. The Labute approximate surface area is 120 Å². The van der Waals surface area contributed by atoms with Crippen molar-refractivity contribution in [1.82, 2.24) is 5.32 Å². The molecule has 1 aromatic rings. The van der Waals surface area contributed by atoms with Crippen LogP contribution in [0.3, 0.4) is 0 Å². The van der Waals surface area contributed by atoms with Crippen molar-refractivity contribution in [3.05, 3.63) is 38.3 Å². The Morgan fingerprint density at radius 2 is 2.26 bits per heavy atom. The van der Waals surface area contributed by atoms with Crippen molar-refractivity contribution < 1.29 is 10.0 Å². The largest absolute Gasteiger partial charge is 0.392 e. The van der Waals surface area contributed by atoms with Crippen LogP contribution in [0.15, 0.2) is 22.7 Å². The van der Waals surface area contributed by atoms with Crippen LogP contribution in [0.4, 0.5) is 5.69 Å². The third-order valence-corrected chi connectivity index (χ3v) is 4.93. The summed E-state index contributed by atoms with van der Waals surface area (Å²) in [6, 6.07) is 5.24. The van der Waals surface area contributed by atoms with E-state index >= 15 is 0 Å². The molecule has 1 saturated carbocycles. The molecular weight excluding hydrogens is 312 g/mol. The van der Waals surface area contributed by atoms with Crippen molar-refractivity contribution in [1.29, 1.82) is 0 Å². The second-order valence-electron chi connectivity index (χ2n) is 5.51. The van der Waals surface area contributed by atoms with Crippen molar-refractivity contribution in [3.63, 3.8) is 0 Å². The molecule has 0 aromatic heterocycles. The van der Waals surface area contributed by atoms with Crippen LogP contribution in [-0.4, -0.2) is 22.2 Å². The summed E-state index contributed by atoms with van der Waals surface area (Å²) in [4.78, 5) is 10.4. The molecule has 0 saturated heterocycles. The van der Waals surface area contributed by atoms with E-state index in [4.69, 9.17) is 0 Å². The Balaban J connectivity index is 2.05. The molecule has 1 aliphatic rings. The monoisotopic (exact) mass is 328 g/mol. The van der Waals surface area contributed by atoms with E-state index in [0.29, 0.717) is 11.0 Å². The van der Waals surface area contributed by atoms with Gasteiger partial charge < -0.3 is 10.4 Å². The van der Waals surface area contributed by atoms with E-state index in [1.165, 1.54) is 6.07 Å². The number of hydrogen-bond acceptors (Lipinski definition) is 4. The lowest BCUT2D eigenvalue weighted by Crippen LogP contribution is -2.59. The third kappa shape index (κ3) is 2.66. The van der Waals surface area contributed by atoms with Crippen molar-refractivity contribution in [3.8, 4) is 0 Å². The number of nitrogens with one attached hydrogen (secondary N) is 1. The predicted octanol–water partition coefficient (Wildman–Crippen LogP) is 2.61. The summed E-state index contributed by atoms with van der Waals surface area (Å²) in [7, 11) is 0. The highest BCUT2D eigenvalue weighted by Gasteiger charge is 2.46. The summed E-state index contributed by atoms with van der Waals surface area (Å²) in [6.07, 6.45) is 0.443. The number of nitrogens with zero attached hydrogens (tertiary/aromatic N) is 1. The van der Waals surface area contributed by atoms with E-state index < -0.39 is 4.92 Å². The molecule has 0 heterocycles. The summed E-state index contributed by atoms with van der Waals surface area (Å²) >= 11 is 3.28. The van der Waals surface area contributed by atoms with Crippen LogP contribution in [0, 0.1) is 15.5 Å². The average molecular weight is 329 g/mol. The van der Waals surface area contributed by atoms with Gasteiger partial charge in [0.1, 0.15) is 0 Å². The van der Waals surface area contributed by atoms with Crippen molar-refractivity contribution in [2.75, 3.05) is 0 Å². The van der Waals surface area contributed by atoms with E-state index in [2.05, 4.69) is 21.2 Å². The quantitative estimate of drug-likeness (QED) is 0.658. The van der Waals surface area contributed by atoms with E-state index in [0.717, 1.165) is 12.0 Å². The maximum absolute atomic E-state index is 10.8. The summed E-state index contributed by atoms with van der Waals surface area (Å²) in [5.41, 5.74) is 0.784. The van der Waals surface area contributed by atoms with Crippen LogP contribution in [0.1, 0.15) is 25.8 Å². The topological polar surface area (TPSA) is 75.4 Å². The first-order valence-corrected chi connectivity index (χ1v) is 6.96. The number of benzene rings is 1. The smallest absolute Gasteiger partial charge is 0.283 e. The fraction of sp³-hybridized carbons (Fsp3) is 0.538. The van der Waals surface area contributed by atoms with Gasteiger partial charge in [0, 0.05) is 24.1 Å². The van der Waals surface area contributed by atoms with Gasteiger partial charge in [0.15, 0.2) is 0 Å². The molecule has 1 aliphatic carbocycles. The second-order valence-corrected chi connectivity index (χ2v) is 6.31. The molecule has 1 fully saturated rings.